The van der Waals surface area contributed by atoms with Crippen LogP contribution < -0.4 is 4.74 Å². The van der Waals surface area contributed by atoms with Gasteiger partial charge >= 0.3 is 6.36 Å². The van der Waals surface area contributed by atoms with Gasteiger partial charge in [0.15, 0.2) is 0 Å². The van der Waals surface area contributed by atoms with Crippen LogP contribution in [0.25, 0.3) is 11.1 Å². The van der Waals surface area contributed by atoms with E-state index in [9.17, 15) is 13.2 Å². The number of hydrogen-bond donors (Lipinski definition) is 0. The topological polar surface area (TPSA) is 22.1 Å². The molecule has 1 aromatic carbocycles. The highest BCUT2D eigenvalue weighted by molar-refractivity contribution is 5.64. The average Bonchev–Trinajstić information content (AvgIpc) is 2.37. The Kier molecular flexibility index (Phi) is 3.97. The lowest BCUT2D eigenvalue weighted by molar-refractivity contribution is -0.274. The van der Waals surface area contributed by atoms with E-state index in [1.807, 2.05) is 26.0 Å². The van der Waals surface area contributed by atoms with Crippen molar-refractivity contribution in [3.05, 3.63) is 48.3 Å². The van der Waals surface area contributed by atoms with Crippen molar-refractivity contribution in [2.75, 3.05) is 0 Å². The van der Waals surface area contributed by atoms with Gasteiger partial charge in [-0.3, -0.25) is 4.98 Å². The molecule has 0 aliphatic rings. The van der Waals surface area contributed by atoms with Crippen LogP contribution in [0.1, 0.15) is 25.5 Å². The highest BCUT2D eigenvalue weighted by atomic mass is 19.4. The minimum atomic E-state index is -4.68. The maximum atomic E-state index is 12.2. The summed E-state index contributed by atoms with van der Waals surface area (Å²) in [5.41, 5.74) is 2.33. The lowest BCUT2D eigenvalue weighted by Gasteiger charge is -2.10. The first-order valence-electron chi connectivity index (χ1n) is 6.17. The molecular formula is C15H14F3NO. The summed E-state index contributed by atoms with van der Waals surface area (Å²) in [7, 11) is 0. The molecule has 0 atom stereocenters. The minimum absolute atomic E-state index is 0.233. The fraction of sp³-hybridized carbons (Fsp3) is 0.267. The summed E-state index contributed by atoms with van der Waals surface area (Å²) in [6, 6.07) is 9.57. The Hall–Kier alpha value is -2.04. The highest BCUT2D eigenvalue weighted by Gasteiger charge is 2.31. The van der Waals surface area contributed by atoms with Crippen LogP contribution in [0.15, 0.2) is 42.6 Å². The first-order valence-corrected chi connectivity index (χ1v) is 6.17. The summed E-state index contributed by atoms with van der Waals surface area (Å²) in [6.07, 6.45) is -3.03. The lowest BCUT2D eigenvalue weighted by atomic mass is 10.0. The lowest BCUT2D eigenvalue weighted by Crippen LogP contribution is -2.17. The molecule has 2 nitrogen and oxygen atoms in total. The summed E-state index contributed by atoms with van der Waals surface area (Å²) < 4.78 is 40.5. The van der Waals surface area contributed by atoms with Crippen LogP contribution >= 0.6 is 0 Å². The van der Waals surface area contributed by atoms with Crippen molar-refractivity contribution in [1.29, 1.82) is 0 Å². The fourth-order valence-corrected chi connectivity index (χ4v) is 1.79. The fourth-order valence-electron chi connectivity index (χ4n) is 1.79. The second-order valence-electron chi connectivity index (χ2n) is 4.70. The van der Waals surface area contributed by atoms with Gasteiger partial charge in [-0.15, -0.1) is 13.2 Å². The number of halogens is 3. The van der Waals surface area contributed by atoms with Crippen LogP contribution in [0.5, 0.6) is 5.75 Å². The molecule has 0 aliphatic carbocycles. The number of rotatable bonds is 3. The number of pyridine rings is 1. The molecule has 5 heteroatoms. The van der Waals surface area contributed by atoms with Gasteiger partial charge in [0.1, 0.15) is 5.75 Å². The normalized spacial score (nSPS) is 11.7. The molecule has 0 aliphatic heterocycles. The summed E-state index contributed by atoms with van der Waals surface area (Å²) >= 11 is 0. The van der Waals surface area contributed by atoms with Gasteiger partial charge in [0, 0.05) is 17.5 Å². The number of benzene rings is 1. The van der Waals surface area contributed by atoms with Crippen LogP contribution in [0.2, 0.25) is 0 Å². The van der Waals surface area contributed by atoms with Crippen LogP contribution in [0.3, 0.4) is 0 Å². The third kappa shape index (κ3) is 3.73. The predicted molar refractivity (Wildman–Crippen MR) is 70.4 cm³/mol. The van der Waals surface area contributed by atoms with Crippen molar-refractivity contribution in [3.8, 4) is 16.9 Å². The smallest absolute Gasteiger partial charge is 0.406 e. The molecule has 0 N–H and O–H groups in total. The van der Waals surface area contributed by atoms with Gasteiger partial charge in [-0.1, -0.05) is 32.0 Å². The summed E-state index contributed by atoms with van der Waals surface area (Å²) in [6.45, 7) is 4.06. The third-order valence-electron chi connectivity index (χ3n) is 2.78. The van der Waals surface area contributed by atoms with Gasteiger partial charge in [0.2, 0.25) is 0 Å². The molecule has 2 rings (SSSR count). The molecule has 0 fully saturated rings. The molecule has 0 saturated carbocycles. The second-order valence-corrected chi connectivity index (χ2v) is 4.70. The first kappa shape index (κ1) is 14.4. The van der Waals surface area contributed by atoms with Crippen LogP contribution in [-0.4, -0.2) is 11.3 Å². The zero-order valence-electron chi connectivity index (χ0n) is 11.1. The molecule has 106 valence electrons. The van der Waals surface area contributed by atoms with Gasteiger partial charge in [-0.05, 0) is 29.7 Å². The molecule has 2 aromatic rings. The SMILES string of the molecule is CC(C)c1ccc(-c2cccc(OC(F)(F)F)c2)cn1. The van der Waals surface area contributed by atoms with E-state index in [0.717, 1.165) is 11.3 Å². The van der Waals surface area contributed by atoms with E-state index in [2.05, 4.69) is 9.72 Å². The Morgan fingerprint density at radius 3 is 2.35 bits per heavy atom. The van der Waals surface area contributed by atoms with Crippen LogP contribution in [-0.2, 0) is 0 Å². The zero-order valence-corrected chi connectivity index (χ0v) is 11.1. The predicted octanol–water partition coefficient (Wildman–Crippen LogP) is 4.77. The second kappa shape index (κ2) is 5.53. The zero-order chi connectivity index (χ0) is 14.8. The summed E-state index contributed by atoms with van der Waals surface area (Å²) in [5, 5.41) is 0. The van der Waals surface area contributed by atoms with Crippen molar-refractivity contribution >= 4 is 0 Å². The maximum Gasteiger partial charge on any atom is 0.573 e. The number of aromatic nitrogens is 1. The van der Waals surface area contributed by atoms with Gasteiger partial charge in [-0.2, -0.15) is 0 Å². The quantitative estimate of drug-likeness (QED) is 0.808. The van der Waals surface area contributed by atoms with Crippen LogP contribution in [0, 0.1) is 0 Å². The van der Waals surface area contributed by atoms with E-state index in [0.29, 0.717) is 11.5 Å². The number of alkyl halides is 3. The Balaban J connectivity index is 2.26. The summed E-state index contributed by atoms with van der Waals surface area (Å²) in [4.78, 5) is 4.30. The van der Waals surface area contributed by atoms with Crippen molar-refractivity contribution in [1.82, 2.24) is 4.98 Å². The molecular weight excluding hydrogens is 267 g/mol. The van der Waals surface area contributed by atoms with Gasteiger partial charge < -0.3 is 4.74 Å². The average molecular weight is 281 g/mol. The third-order valence-corrected chi connectivity index (χ3v) is 2.78. The highest BCUT2D eigenvalue weighted by Crippen LogP contribution is 2.28. The Labute approximate surface area is 115 Å². The largest absolute Gasteiger partial charge is 0.573 e. The van der Waals surface area contributed by atoms with E-state index in [1.54, 1.807) is 12.3 Å². The maximum absolute atomic E-state index is 12.2. The van der Waals surface area contributed by atoms with Crippen molar-refractivity contribution in [3.63, 3.8) is 0 Å². The number of hydrogen-bond acceptors (Lipinski definition) is 2. The van der Waals surface area contributed by atoms with E-state index >= 15 is 0 Å². The van der Waals surface area contributed by atoms with Crippen molar-refractivity contribution in [2.24, 2.45) is 0 Å². The van der Waals surface area contributed by atoms with E-state index in [4.69, 9.17) is 0 Å². The van der Waals surface area contributed by atoms with Crippen molar-refractivity contribution in [2.45, 2.75) is 26.1 Å². The van der Waals surface area contributed by atoms with Gasteiger partial charge in [0.05, 0.1) is 0 Å². The Morgan fingerprint density at radius 2 is 1.80 bits per heavy atom. The van der Waals surface area contributed by atoms with Crippen LogP contribution in [0.4, 0.5) is 13.2 Å². The number of ether oxygens (including phenoxy) is 1. The first-order chi connectivity index (χ1) is 9.35. The molecule has 0 spiro atoms. The van der Waals surface area contributed by atoms with Gasteiger partial charge in [-0.25, -0.2) is 0 Å². The molecule has 0 bridgehead atoms. The molecule has 1 aromatic heterocycles. The molecule has 0 amide bonds. The molecule has 1 heterocycles. The molecule has 0 saturated heterocycles. The molecule has 20 heavy (non-hydrogen) atoms. The monoisotopic (exact) mass is 281 g/mol. The van der Waals surface area contributed by atoms with E-state index in [-0.39, 0.29) is 5.75 Å². The minimum Gasteiger partial charge on any atom is -0.406 e. The van der Waals surface area contributed by atoms with Gasteiger partial charge in [0.25, 0.3) is 0 Å². The molecule has 0 unspecified atom stereocenters. The Bertz CT molecular complexity index is 576. The van der Waals surface area contributed by atoms with E-state index in [1.165, 1.54) is 18.2 Å². The van der Waals surface area contributed by atoms with E-state index < -0.39 is 6.36 Å². The number of nitrogens with zero attached hydrogens (tertiary/aromatic N) is 1. The standard InChI is InChI=1S/C15H14F3NO/c1-10(2)14-7-6-12(9-19-14)11-4-3-5-13(8-11)20-15(16,17)18/h3-10H,1-2H3. The summed E-state index contributed by atoms with van der Waals surface area (Å²) in [5.74, 6) is 0.0758. The Morgan fingerprint density at radius 1 is 1.05 bits per heavy atom. The van der Waals surface area contributed by atoms with Crippen molar-refractivity contribution < 1.29 is 17.9 Å². The molecule has 0 radical (unpaired) electrons.